The Kier molecular flexibility index (Phi) is 4.92. The van der Waals surface area contributed by atoms with Crippen LogP contribution in [0.25, 0.3) is 0 Å². The molecule has 2 fully saturated rings. The van der Waals surface area contributed by atoms with Gasteiger partial charge in [-0.25, -0.2) is 0 Å². The first-order chi connectivity index (χ1) is 10.2. The number of aryl methyl sites for hydroxylation is 1. The second-order valence-electron chi connectivity index (χ2n) is 6.62. The predicted octanol–water partition coefficient (Wildman–Crippen LogP) is 3.65. The van der Waals surface area contributed by atoms with Crippen LogP contribution in [0.15, 0.2) is 0 Å². The lowest BCUT2D eigenvalue weighted by Gasteiger charge is -2.44. The lowest BCUT2D eigenvalue weighted by Crippen LogP contribution is -2.42. The second-order valence-corrected chi connectivity index (χ2v) is 7.41. The molecule has 21 heavy (non-hydrogen) atoms. The van der Waals surface area contributed by atoms with Crippen LogP contribution in [0.4, 0.5) is 0 Å². The molecule has 1 saturated heterocycles. The fourth-order valence-corrected chi connectivity index (χ4v) is 4.72. The number of aliphatic hydroxyl groups excluding tert-OH is 1. The molecule has 1 saturated carbocycles. The predicted molar refractivity (Wildman–Crippen MR) is 83.4 cm³/mol. The standard InChI is InChI=1S/C16H26N2O2S/c1-2-6-13-15(21-18-17-13)14(19)12-7-10-20-16(11-12)8-4-3-5-9-16/h12,14,19H,2-11H2,1H3. The molecule has 1 aliphatic heterocycles. The molecule has 2 aliphatic rings. The maximum Gasteiger partial charge on any atom is 0.0947 e. The first-order valence-electron chi connectivity index (χ1n) is 8.37. The zero-order valence-corrected chi connectivity index (χ0v) is 13.7. The second kappa shape index (κ2) is 6.71. The highest BCUT2D eigenvalue weighted by atomic mass is 32.1. The highest BCUT2D eigenvalue weighted by Gasteiger charge is 2.41. The van der Waals surface area contributed by atoms with Crippen molar-refractivity contribution < 1.29 is 9.84 Å². The Morgan fingerprint density at radius 2 is 2.19 bits per heavy atom. The number of aliphatic hydroxyl groups is 1. The Morgan fingerprint density at radius 1 is 1.38 bits per heavy atom. The fourth-order valence-electron chi connectivity index (χ4n) is 3.94. The van der Waals surface area contributed by atoms with Crippen molar-refractivity contribution in [1.82, 2.24) is 9.59 Å². The fraction of sp³-hybridized carbons (Fsp3) is 0.875. The van der Waals surface area contributed by atoms with Crippen LogP contribution in [0.1, 0.15) is 75.0 Å². The van der Waals surface area contributed by atoms with Gasteiger partial charge in [0, 0.05) is 6.61 Å². The molecule has 5 heteroatoms. The first-order valence-corrected chi connectivity index (χ1v) is 9.14. The molecule has 2 unspecified atom stereocenters. The van der Waals surface area contributed by atoms with Crippen LogP contribution in [0.5, 0.6) is 0 Å². The summed E-state index contributed by atoms with van der Waals surface area (Å²) < 4.78 is 10.2. The number of rotatable bonds is 4. The van der Waals surface area contributed by atoms with Crippen molar-refractivity contribution in [3.8, 4) is 0 Å². The van der Waals surface area contributed by atoms with Gasteiger partial charge in [-0.1, -0.05) is 37.1 Å². The first kappa shape index (κ1) is 15.4. The summed E-state index contributed by atoms with van der Waals surface area (Å²) in [5.74, 6) is 0.301. The molecular formula is C16H26N2O2S. The molecule has 1 spiro atoms. The smallest absolute Gasteiger partial charge is 0.0947 e. The zero-order valence-electron chi connectivity index (χ0n) is 12.9. The van der Waals surface area contributed by atoms with Crippen molar-refractivity contribution in [2.75, 3.05) is 6.61 Å². The van der Waals surface area contributed by atoms with E-state index in [4.69, 9.17) is 4.74 Å². The maximum absolute atomic E-state index is 10.8. The van der Waals surface area contributed by atoms with Crippen molar-refractivity contribution in [3.63, 3.8) is 0 Å². The largest absolute Gasteiger partial charge is 0.387 e. The van der Waals surface area contributed by atoms with Crippen molar-refractivity contribution in [2.24, 2.45) is 5.92 Å². The quantitative estimate of drug-likeness (QED) is 0.922. The molecule has 4 nitrogen and oxygen atoms in total. The Balaban J connectivity index is 1.71. The third-order valence-corrected chi connectivity index (χ3v) is 5.92. The average molecular weight is 310 g/mol. The van der Waals surface area contributed by atoms with Crippen molar-refractivity contribution in [3.05, 3.63) is 10.6 Å². The number of hydrogen-bond acceptors (Lipinski definition) is 5. The van der Waals surface area contributed by atoms with Gasteiger partial charge in [0.25, 0.3) is 0 Å². The summed E-state index contributed by atoms with van der Waals surface area (Å²) in [6, 6.07) is 0. The van der Waals surface area contributed by atoms with Crippen molar-refractivity contribution in [1.29, 1.82) is 0 Å². The van der Waals surface area contributed by atoms with Gasteiger partial charge in [-0.05, 0) is 49.6 Å². The molecule has 0 bridgehead atoms. The van der Waals surface area contributed by atoms with Gasteiger partial charge in [0.1, 0.15) is 0 Å². The van der Waals surface area contributed by atoms with Crippen molar-refractivity contribution in [2.45, 2.75) is 76.4 Å². The summed E-state index contributed by atoms with van der Waals surface area (Å²) in [6.07, 6.45) is 9.70. The van der Waals surface area contributed by atoms with E-state index in [0.29, 0.717) is 5.92 Å². The Morgan fingerprint density at radius 3 is 2.95 bits per heavy atom. The van der Waals surface area contributed by atoms with Gasteiger partial charge in [0.15, 0.2) is 0 Å². The Labute approximate surface area is 131 Å². The van der Waals surface area contributed by atoms with Crippen LogP contribution >= 0.6 is 11.5 Å². The van der Waals surface area contributed by atoms with Crippen LogP contribution in [0.3, 0.4) is 0 Å². The number of hydrogen-bond donors (Lipinski definition) is 1. The summed E-state index contributed by atoms with van der Waals surface area (Å²) in [7, 11) is 0. The number of nitrogens with zero attached hydrogens (tertiary/aromatic N) is 2. The van der Waals surface area contributed by atoms with Gasteiger partial charge >= 0.3 is 0 Å². The van der Waals surface area contributed by atoms with Gasteiger partial charge in [0.2, 0.25) is 0 Å². The molecule has 3 rings (SSSR count). The third kappa shape index (κ3) is 3.30. The Hall–Kier alpha value is -0.520. The molecule has 0 aromatic carbocycles. The third-order valence-electron chi connectivity index (χ3n) is 5.08. The summed E-state index contributed by atoms with van der Waals surface area (Å²) in [5.41, 5.74) is 1.05. The Bertz CT molecular complexity index is 451. The van der Waals surface area contributed by atoms with E-state index >= 15 is 0 Å². The summed E-state index contributed by atoms with van der Waals surface area (Å²) in [4.78, 5) is 0.995. The van der Waals surface area contributed by atoms with Crippen LogP contribution in [0.2, 0.25) is 0 Å². The van der Waals surface area contributed by atoms with Crippen molar-refractivity contribution >= 4 is 11.5 Å². The molecule has 1 aromatic heterocycles. The van der Waals surface area contributed by atoms with Gasteiger partial charge in [-0.15, -0.1) is 5.10 Å². The molecule has 1 aliphatic carbocycles. The SMILES string of the molecule is CCCc1nnsc1C(O)C1CCOC2(CCCCC2)C1. The molecule has 1 N–H and O–H groups in total. The van der Waals surface area contributed by atoms with E-state index in [1.54, 1.807) is 0 Å². The molecule has 118 valence electrons. The summed E-state index contributed by atoms with van der Waals surface area (Å²) in [5, 5.41) is 15.0. The van der Waals surface area contributed by atoms with Crippen LogP contribution < -0.4 is 0 Å². The van der Waals surface area contributed by atoms with Gasteiger partial charge in [-0.3, -0.25) is 0 Å². The van der Waals surface area contributed by atoms with Crippen LogP contribution in [-0.4, -0.2) is 26.9 Å². The van der Waals surface area contributed by atoms with E-state index in [1.165, 1.54) is 43.6 Å². The summed E-state index contributed by atoms with van der Waals surface area (Å²) in [6.45, 7) is 2.93. The van der Waals surface area contributed by atoms with E-state index in [-0.39, 0.29) is 5.60 Å². The minimum absolute atomic E-state index is 0.0468. The monoisotopic (exact) mass is 310 g/mol. The molecule has 2 atom stereocenters. The number of ether oxygens (including phenoxy) is 1. The highest BCUT2D eigenvalue weighted by molar-refractivity contribution is 7.05. The van der Waals surface area contributed by atoms with E-state index < -0.39 is 6.10 Å². The van der Waals surface area contributed by atoms with E-state index in [9.17, 15) is 5.11 Å². The van der Waals surface area contributed by atoms with Gasteiger partial charge in [-0.2, -0.15) is 0 Å². The molecule has 2 heterocycles. The van der Waals surface area contributed by atoms with Crippen LogP contribution in [-0.2, 0) is 11.2 Å². The van der Waals surface area contributed by atoms with Crippen LogP contribution in [0, 0.1) is 5.92 Å². The normalized spacial score (nSPS) is 26.9. The molecular weight excluding hydrogens is 284 g/mol. The summed E-state index contributed by atoms with van der Waals surface area (Å²) >= 11 is 1.37. The van der Waals surface area contributed by atoms with E-state index in [2.05, 4.69) is 16.5 Å². The van der Waals surface area contributed by atoms with E-state index in [0.717, 1.165) is 42.9 Å². The van der Waals surface area contributed by atoms with Gasteiger partial charge < -0.3 is 9.84 Å². The molecule has 0 radical (unpaired) electrons. The molecule has 1 aromatic rings. The maximum atomic E-state index is 10.8. The topological polar surface area (TPSA) is 55.2 Å². The molecule has 0 amide bonds. The number of aromatic nitrogens is 2. The lowest BCUT2D eigenvalue weighted by molar-refractivity contribution is -0.133. The minimum Gasteiger partial charge on any atom is -0.387 e. The zero-order chi connectivity index (χ0) is 14.7. The highest BCUT2D eigenvalue weighted by Crippen LogP contribution is 2.45. The minimum atomic E-state index is -0.408. The average Bonchev–Trinajstić information content (AvgIpc) is 2.96. The van der Waals surface area contributed by atoms with E-state index in [1.807, 2.05) is 0 Å². The lowest BCUT2D eigenvalue weighted by atomic mass is 9.74. The van der Waals surface area contributed by atoms with Gasteiger partial charge in [0.05, 0.1) is 22.3 Å².